The topological polar surface area (TPSA) is 35.5 Å². The smallest absolute Gasteiger partial charge is 0.343 e. The van der Waals surface area contributed by atoms with Gasteiger partial charge < -0.3 is 9.47 Å². The second-order valence-corrected chi connectivity index (χ2v) is 8.97. The molecule has 3 nitrogen and oxygen atoms in total. The summed E-state index contributed by atoms with van der Waals surface area (Å²) in [6.07, 6.45) is 12.9. The molecule has 0 radical (unpaired) electrons. The Hall–Kier alpha value is -2.29. The molecule has 31 heavy (non-hydrogen) atoms. The van der Waals surface area contributed by atoms with Gasteiger partial charge in [0.25, 0.3) is 0 Å². The minimum Gasteiger partial charge on any atom is -0.494 e. The summed E-state index contributed by atoms with van der Waals surface area (Å²) < 4.78 is 11.4. The third-order valence-electron chi connectivity index (χ3n) is 6.45. The van der Waals surface area contributed by atoms with Gasteiger partial charge in [0.1, 0.15) is 11.5 Å². The van der Waals surface area contributed by atoms with Crippen molar-refractivity contribution in [1.82, 2.24) is 0 Å². The molecule has 2 aromatic carbocycles. The minimum atomic E-state index is -0.339. The Balaban J connectivity index is 1.36. The zero-order chi connectivity index (χ0) is 21.9. The summed E-state index contributed by atoms with van der Waals surface area (Å²) in [7, 11) is 0. The van der Waals surface area contributed by atoms with E-state index in [9.17, 15) is 4.79 Å². The number of esters is 1. The molecule has 0 amide bonds. The highest BCUT2D eigenvalue weighted by Gasteiger charge is 2.20. The van der Waals surface area contributed by atoms with Crippen LogP contribution in [0.4, 0.5) is 0 Å². The summed E-state index contributed by atoms with van der Waals surface area (Å²) in [6.45, 7) is 5.19. The second-order valence-electron chi connectivity index (χ2n) is 8.97. The average molecular weight is 423 g/mol. The van der Waals surface area contributed by atoms with Crippen LogP contribution in [0.15, 0.2) is 48.5 Å². The van der Waals surface area contributed by atoms with Gasteiger partial charge in [0.05, 0.1) is 12.2 Å². The predicted octanol–water partition coefficient (Wildman–Crippen LogP) is 7.62. The first-order valence-corrected chi connectivity index (χ1v) is 12.2. The van der Waals surface area contributed by atoms with Crippen LogP contribution >= 0.6 is 0 Å². The summed E-state index contributed by atoms with van der Waals surface area (Å²) in [5.74, 6) is 2.91. The Labute approximate surface area is 188 Å². The lowest BCUT2D eigenvalue weighted by molar-refractivity contribution is 0.0734. The maximum absolute atomic E-state index is 12.4. The highest BCUT2D eigenvalue weighted by Crippen LogP contribution is 2.33. The van der Waals surface area contributed by atoms with Crippen molar-refractivity contribution < 1.29 is 14.3 Å². The van der Waals surface area contributed by atoms with E-state index in [1.54, 1.807) is 12.1 Å². The fraction of sp³-hybridized carbons (Fsp3) is 0.536. The number of carbonyl (C=O) groups is 1. The first-order chi connectivity index (χ1) is 15.2. The molecule has 0 aliphatic heterocycles. The molecule has 0 atom stereocenters. The summed E-state index contributed by atoms with van der Waals surface area (Å²) in [5, 5.41) is 0. The fourth-order valence-corrected chi connectivity index (χ4v) is 4.65. The van der Waals surface area contributed by atoms with Gasteiger partial charge in [-0.3, -0.25) is 0 Å². The van der Waals surface area contributed by atoms with Gasteiger partial charge in [-0.25, -0.2) is 4.79 Å². The first-order valence-electron chi connectivity index (χ1n) is 12.2. The molecule has 1 fully saturated rings. The predicted molar refractivity (Wildman–Crippen MR) is 127 cm³/mol. The van der Waals surface area contributed by atoms with Gasteiger partial charge in [-0.2, -0.15) is 0 Å². The van der Waals surface area contributed by atoms with E-state index in [-0.39, 0.29) is 5.97 Å². The van der Waals surface area contributed by atoms with Gasteiger partial charge >= 0.3 is 5.97 Å². The zero-order valence-electron chi connectivity index (χ0n) is 19.3. The fourth-order valence-electron chi connectivity index (χ4n) is 4.65. The maximum Gasteiger partial charge on any atom is 0.343 e. The van der Waals surface area contributed by atoms with Gasteiger partial charge in [-0.05, 0) is 73.1 Å². The number of hydrogen-bond acceptors (Lipinski definition) is 3. The van der Waals surface area contributed by atoms with Crippen LogP contribution in [0.1, 0.15) is 87.6 Å². The van der Waals surface area contributed by atoms with Crippen molar-refractivity contribution >= 4 is 5.97 Å². The molecular weight excluding hydrogens is 384 g/mol. The molecular formula is C28H38O3. The quantitative estimate of drug-likeness (QED) is 0.212. The standard InChI is InChI=1S/C28H38O3/c1-3-6-22-9-11-24(12-10-22)8-5-21-30-26-19-15-25(16-20-26)28(29)31-27-17-13-23(7-4-2)14-18-27/h13-20,22,24H,3-12,21H2,1-2H3. The van der Waals surface area contributed by atoms with Crippen molar-refractivity contribution in [2.45, 2.75) is 78.1 Å². The van der Waals surface area contributed by atoms with Crippen molar-refractivity contribution in [2.24, 2.45) is 11.8 Å². The van der Waals surface area contributed by atoms with Gasteiger partial charge in [-0.1, -0.05) is 70.9 Å². The van der Waals surface area contributed by atoms with Gasteiger partial charge in [-0.15, -0.1) is 0 Å². The van der Waals surface area contributed by atoms with Crippen molar-refractivity contribution in [3.63, 3.8) is 0 Å². The highest BCUT2D eigenvalue weighted by atomic mass is 16.5. The number of hydrogen-bond donors (Lipinski definition) is 0. The molecule has 0 aromatic heterocycles. The summed E-state index contributed by atoms with van der Waals surface area (Å²) >= 11 is 0. The van der Waals surface area contributed by atoms with Crippen molar-refractivity contribution in [1.29, 1.82) is 0 Å². The average Bonchev–Trinajstić information content (AvgIpc) is 2.80. The van der Waals surface area contributed by atoms with Crippen LogP contribution in [0.25, 0.3) is 0 Å². The monoisotopic (exact) mass is 422 g/mol. The molecule has 168 valence electrons. The molecule has 1 saturated carbocycles. The second kappa shape index (κ2) is 12.5. The Morgan fingerprint density at radius 2 is 1.42 bits per heavy atom. The van der Waals surface area contributed by atoms with E-state index >= 15 is 0 Å². The number of aryl methyl sites for hydroxylation is 1. The van der Waals surface area contributed by atoms with Crippen LogP contribution in [0.2, 0.25) is 0 Å². The van der Waals surface area contributed by atoms with E-state index in [1.165, 1.54) is 50.5 Å². The van der Waals surface area contributed by atoms with E-state index in [1.807, 2.05) is 36.4 Å². The van der Waals surface area contributed by atoms with Crippen LogP contribution in [-0.4, -0.2) is 12.6 Å². The highest BCUT2D eigenvalue weighted by molar-refractivity contribution is 5.91. The zero-order valence-corrected chi connectivity index (χ0v) is 19.3. The molecule has 0 unspecified atom stereocenters. The molecule has 2 aromatic rings. The van der Waals surface area contributed by atoms with Crippen LogP contribution in [-0.2, 0) is 6.42 Å². The Morgan fingerprint density at radius 1 is 0.806 bits per heavy atom. The van der Waals surface area contributed by atoms with Crippen LogP contribution in [0, 0.1) is 11.8 Å². The molecule has 1 aliphatic carbocycles. The minimum absolute atomic E-state index is 0.339. The molecule has 0 N–H and O–H groups in total. The van der Waals surface area contributed by atoms with Crippen LogP contribution in [0.5, 0.6) is 11.5 Å². The van der Waals surface area contributed by atoms with Gasteiger partial charge in [0.2, 0.25) is 0 Å². The maximum atomic E-state index is 12.4. The van der Waals surface area contributed by atoms with Gasteiger partial charge in [0, 0.05) is 0 Å². The third kappa shape index (κ3) is 7.72. The molecule has 0 bridgehead atoms. The lowest BCUT2D eigenvalue weighted by atomic mass is 9.78. The lowest BCUT2D eigenvalue weighted by Gasteiger charge is -2.28. The molecule has 0 spiro atoms. The first kappa shape index (κ1) is 23.4. The summed E-state index contributed by atoms with van der Waals surface area (Å²) in [4.78, 5) is 12.4. The van der Waals surface area contributed by atoms with Gasteiger partial charge in [0.15, 0.2) is 0 Å². The Kier molecular flexibility index (Phi) is 9.45. The summed E-state index contributed by atoms with van der Waals surface area (Å²) in [6, 6.07) is 15.0. The van der Waals surface area contributed by atoms with Crippen molar-refractivity contribution in [2.75, 3.05) is 6.61 Å². The van der Waals surface area contributed by atoms with E-state index in [0.717, 1.165) is 43.5 Å². The number of rotatable bonds is 11. The number of benzene rings is 2. The van der Waals surface area contributed by atoms with E-state index in [0.29, 0.717) is 11.3 Å². The molecule has 0 heterocycles. The SMILES string of the molecule is CCCc1ccc(OC(=O)c2ccc(OCCCC3CCC(CCC)CC3)cc2)cc1. The van der Waals surface area contributed by atoms with E-state index in [2.05, 4.69) is 13.8 Å². The van der Waals surface area contributed by atoms with E-state index in [4.69, 9.17) is 9.47 Å². The molecule has 3 heteroatoms. The molecule has 0 saturated heterocycles. The number of ether oxygens (including phenoxy) is 2. The molecule has 3 rings (SSSR count). The third-order valence-corrected chi connectivity index (χ3v) is 6.45. The lowest BCUT2D eigenvalue weighted by Crippen LogP contribution is -2.15. The van der Waals surface area contributed by atoms with Crippen LogP contribution in [0.3, 0.4) is 0 Å². The largest absolute Gasteiger partial charge is 0.494 e. The van der Waals surface area contributed by atoms with Crippen LogP contribution < -0.4 is 9.47 Å². The Bertz CT molecular complexity index is 771. The van der Waals surface area contributed by atoms with Crippen molar-refractivity contribution in [3.05, 3.63) is 59.7 Å². The Morgan fingerprint density at radius 3 is 2.03 bits per heavy atom. The normalized spacial score (nSPS) is 18.5. The number of carbonyl (C=O) groups excluding carboxylic acids is 1. The van der Waals surface area contributed by atoms with Crippen molar-refractivity contribution in [3.8, 4) is 11.5 Å². The molecule has 1 aliphatic rings. The summed E-state index contributed by atoms with van der Waals surface area (Å²) in [5.41, 5.74) is 1.79. The van der Waals surface area contributed by atoms with E-state index < -0.39 is 0 Å².